The monoisotopic (exact) mass is 304 g/mol. The summed E-state index contributed by atoms with van der Waals surface area (Å²) in [4.78, 5) is 0. The van der Waals surface area contributed by atoms with Crippen LogP contribution in [0.15, 0.2) is 24.3 Å². The van der Waals surface area contributed by atoms with E-state index in [4.69, 9.17) is 5.26 Å². The first-order valence-corrected chi connectivity index (χ1v) is 6.79. The number of nitriles is 1. The number of hydrogen-bond donors (Lipinski definition) is 0. The Kier molecular flexibility index (Phi) is 3.78. The van der Waals surface area contributed by atoms with Crippen molar-refractivity contribution >= 4 is 15.9 Å². The van der Waals surface area contributed by atoms with Gasteiger partial charge in [-0.05, 0) is 38.1 Å². The van der Waals surface area contributed by atoms with Gasteiger partial charge in [0, 0.05) is 11.6 Å². The molecular weight excluding hydrogens is 292 g/mol. The van der Waals surface area contributed by atoms with Crippen LogP contribution in [0.2, 0.25) is 0 Å². The molecule has 0 aliphatic heterocycles. The standard InChI is InChI=1S/C13H13BrN4/c1-9(2)18-12(7-14)16-17-13(18)11-5-3-10(8-15)4-6-11/h3-6,9H,7H2,1-2H3. The van der Waals surface area contributed by atoms with Gasteiger partial charge in [-0.15, -0.1) is 10.2 Å². The van der Waals surface area contributed by atoms with Crippen LogP contribution in [-0.2, 0) is 5.33 Å². The van der Waals surface area contributed by atoms with Crippen molar-refractivity contribution < 1.29 is 0 Å². The molecule has 0 unspecified atom stereocenters. The van der Waals surface area contributed by atoms with Crippen molar-refractivity contribution in [2.75, 3.05) is 0 Å². The molecule has 1 aromatic carbocycles. The smallest absolute Gasteiger partial charge is 0.164 e. The Morgan fingerprint density at radius 3 is 2.44 bits per heavy atom. The van der Waals surface area contributed by atoms with E-state index in [0.29, 0.717) is 10.9 Å². The molecule has 0 aliphatic carbocycles. The van der Waals surface area contributed by atoms with Crippen LogP contribution in [0.5, 0.6) is 0 Å². The summed E-state index contributed by atoms with van der Waals surface area (Å²) in [5, 5.41) is 17.9. The Bertz CT molecular complexity index is 578. The van der Waals surface area contributed by atoms with Crippen molar-refractivity contribution in [2.24, 2.45) is 0 Å². The maximum atomic E-state index is 8.79. The van der Waals surface area contributed by atoms with Crippen molar-refractivity contribution in [2.45, 2.75) is 25.2 Å². The lowest BCUT2D eigenvalue weighted by Crippen LogP contribution is -2.06. The second-order valence-corrected chi connectivity index (χ2v) is 4.79. The van der Waals surface area contributed by atoms with Crippen LogP contribution in [0.1, 0.15) is 31.3 Å². The van der Waals surface area contributed by atoms with Gasteiger partial charge in [0.25, 0.3) is 0 Å². The Hall–Kier alpha value is -1.67. The molecule has 0 N–H and O–H groups in total. The molecular formula is C13H13BrN4. The third-order valence-corrected chi connectivity index (χ3v) is 3.18. The Morgan fingerprint density at radius 1 is 1.28 bits per heavy atom. The molecule has 1 heterocycles. The summed E-state index contributed by atoms with van der Waals surface area (Å²) in [6.07, 6.45) is 0. The minimum atomic E-state index is 0.290. The van der Waals surface area contributed by atoms with Crippen LogP contribution in [0.4, 0.5) is 0 Å². The van der Waals surface area contributed by atoms with Crippen molar-refractivity contribution in [1.29, 1.82) is 5.26 Å². The molecule has 0 saturated carbocycles. The minimum absolute atomic E-state index is 0.290. The lowest BCUT2D eigenvalue weighted by molar-refractivity contribution is 0.586. The molecule has 0 radical (unpaired) electrons. The molecule has 0 amide bonds. The highest BCUT2D eigenvalue weighted by Gasteiger charge is 2.15. The zero-order chi connectivity index (χ0) is 13.1. The Morgan fingerprint density at radius 2 is 1.94 bits per heavy atom. The van der Waals surface area contributed by atoms with Crippen LogP contribution in [0.25, 0.3) is 11.4 Å². The molecule has 0 atom stereocenters. The summed E-state index contributed by atoms with van der Waals surface area (Å²) in [6.45, 7) is 4.20. The lowest BCUT2D eigenvalue weighted by atomic mass is 10.1. The summed E-state index contributed by atoms with van der Waals surface area (Å²) < 4.78 is 2.09. The molecule has 0 spiro atoms. The zero-order valence-corrected chi connectivity index (χ0v) is 11.8. The lowest BCUT2D eigenvalue weighted by Gasteiger charge is -2.13. The van der Waals surface area contributed by atoms with Crippen LogP contribution < -0.4 is 0 Å². The van der Waals surface area contributed by atoms with E-state index >= 15 is 0 Å². The van der Waals surface area contributed by atoms with Crippen molar-refractivity contribution in [3.8, 4) is 17.5 Å². The number of halogens is 1. The van der Waals surface area contributed by atoms with Gasteiger partial charge >= 0.3 is 0 Å². The SMILES string of the molecule is CC(C)n1c(CBr)nnc1-c1ccc(C#N)cc1. The number of alkyl halides is 1. The second-order valence-electron chi connectivity index (χ2n) is 4.23. The molecule has 92 valence electrons. The van der Waals surface area contributed by atoms with E-state index in [9.17, 15) is 0 Å². The van der Waals surface area contributed by atoms with Crippen molar-refractivity contribution in [3.05, 3.63) is 35.7 Å². The topological polar surface area (TPSA) is 54.5 Å². The van der Waals surface area contributed by atoms with Crippen LogP contribution in [-0.4, -0.2) is 14.8 Å². The van der Waals surface area contributed by atoms with Crippen LogP contribution in [0.3, 0.4) is 0 Å². The average molecular weight is 305 g/mol. The molecule has 0 bridgehead atoms. The van der Waals surface area contributed by atoms with Gasteiger partial charge in [-0.2, -0.15) is 5.26 Å². The molecule has 0 saturated heterocycles. The van der Waals surface area contributed by atoms with E-state index in [-0.39, 0.29) is 6.04 Å². The molecule has 2 rings (SSSR count). The molecule has 1 aromatic heterocycles. The predicted molar refractivity (Wildman–Crippen MR) is 73.2 cm³/mol. The van der Waals surface area contributed by atoms with Gasteiger partial charge in [0.05, 0.1) is 17.0 Å². The van der Waals surface area contributed by atoms with Gasteiger partial charge in [0.15, 0.2) is 5.82 Å². The fourth-order valence-corrected chi connectivity index (χ4v) is 2.23. The van der Waals surface area contributed by atoms with E-state index in [1.807, 2.05) is 12.1 Å². The largest absolute Gasteiger partial charge is 0.308 e. The number of rotatable bonds is 3. The maximum absolute atomic E-state index is 8.79. The van der Waals surface area contributed by atoms with E-state index in [0.717, 1.165) is 17.2 Å². The molecule has 18 heavy (non-hydrogen) atoms. The number of aromatic nitrogens is 3. The summed E-state index contributed by atoms with van der Waals surface area (Å²) in [5.74, 6) is 1.74. The summed E-state index contributed by atoms with van der Waals surface area (Å²) in [7, 11) is 0. The van der Waals surface area contributed by atoms with Gasteiger partial charge in [-0.1, -0.05) is 15.9 Å². The molecule has 4 nitrogen and oxygen atoms in total. The first-order chi connectivity index (χ1) is 8.67. The van der Waals surface area contributed by atoms with Crippen LogP contribution in [0, 0.1) is 11.3 Å². The highest BCUT2D eigenvalue weighted by molar-refractivity contribution is 9.08. The quantitative estimate of drug-likeness (QED) is 0.818. The third kappa shape index (κ3) is 2.29. The number of benzene rings is 1. The highest BCUT2D eigenvalue weighted by Crippen LogP contribution is 2.23. The Labute approximate surface area is 114 Å². The molecule has 2 aromatic rings. The fourth-order valence-electron chi connectivity index (χ4n) is 1.85. The summed E-state index contributed by atoms with van der Waals surface area (Å²) in [5.41, 5.74) is 1.62. The number of nitrogens with zero attached hydrogens (tertiary/aromatic N) is 4. The maximum Gasteiger partial charge on any atom is 0.164 e. The first-order valence-electron chi connectivity index (χ1n) is 5.67. The van der Waals surface area contributed by atoms with Gasteiger partial charge in [0.1, 0.15) is 5.82 Å². The van der Waals surface area contributed by atoms with Gasteiger partial charge < -0.3 is 4.57 Å². The first kappa shape index (κ1) is 12.8. The average Bonchev–Trinajstić information content (AvgIpc) is 2.82. The van der Waals surface area contributed by atoms with E-state index in [1.54, 1.807) is 12.1 Å². The van der Waals surface area contributed by atoms with Crippen LogP contribution >= 0.6 is 15.9 Å². The minimum Gasteiger partial charge on any atom is -0.308 e. The molecule has 5 heteroatoms. The summed E-state index contributed by atoms with van der Waals surface area (Å²) in [6, 6.07) is 9.79. The van der Waals surface area contributed by atoms with Gasteiger partial charge in [-0.3, -0.25) is 0 Å². The van der Waals surface area contributed by atoms with E-state index in [1.165, 1.54) is 0 Å². The Balaban J connectivity index is 2.50. The van der Waals surface area contributed by atoms with Gasteiger partial charge in [0.2, 0.25) is 0 Å². The zero-order valence-electron chi connectivity index (χ0n) is 10.3. The van der Waals surface area contributed by atoms with Crippen molar-refractivity contribution in [3.63, 3.8) is 0 Å². The normalized spacial score (nSPS) is 10.6. The van der Waals surface area contributed by atoms with E-state index < -0.39 is 0 Å². The fraction of sp³-hybridized carbons (Fsp3) is 0.308. The van der Waals surface area contributed by atoms with E-state index in [2.05, 4.69) is 50.6 Å². The third-order valence-electron chi connectivity index (χ3n) is 2.67. The highest BCUT2D eigenvalue weighted by atomic mass is 79.9. The summed E-state index contributed by atoms with van der Waals surface area (Å²) >= 11 is 3.42. The number of hydrogen-bond acceptors (Lipinski definition) is 3. The molecule has 0 aliphatic rings. The van der Waals surface area contributed by atoms with Gasteiger partial charge in [-0.25, -0.2) is 0 Å². The van der Waals surface area contributed by atoms with Crippen molar-refractivity contribution in [1.82, 2.24) is 14.8 Å². The predicted octanol–water partition coefficient (Wildman–Crippen LogP) is 3.29. The second kappa shape index (κ2) is 5.32. The molecule has 0 fully saturated rings.